The first kappa shape index (κ1) is 43.6. The van der Waals surface area contributed by atoms with Crippen LogP contribution in [0.5, 0.6) is 0 Å². The van der Waals surface area contributed by atoms with E-state index in [4.69, 9.17) is 8.83 Å². The van der Waals surface area contributed by atoms with Gasteiger partial charge in [-0.05, 0) is 141 Å². The van der Waals surface area contributed by atoms with E-state index in [-0.39, 0.29) is 0 Å². The minimum atomic E-state index is 0.854. The van der Waals surface area contributed by atoms with E-state index in [1.165, 1.54) is 71.1 Å². The molecule has 0 N–H and O–H groups in total. The summed E-state index contributed by atoms with van der Waals surface area (Å²) in [6, 6.07) is 98.7. The third-order valence-electron chi connectivity index (χ3n) is 16.4. The summed E-state index contributed by atoms with van der Waals surface area (Å²) >= 11 is 0. The van der Waals surface area contributed by atoms with Crippen LogP contribution in [0.25, 0.3) is 126 Å². The van der Waals surface area contributed by atoms with Gasteiger partial charge in [0.1, 0.15) is 11.2 Å². The Kier molecular flexibility index (Phi) is 9.35. The SMILES string of the molecule is c1ccc(-c2ccc(N(c3ccc4cc5c6cccc7c8cc9ccc(N(c%10ccc(-c%11ccccc%11)cc%10)c%10cccc%11c%10oc%10ccccc%10%11)cc9cc8n(c5cc4c3)c67)c3cccc4c3oc3ccccc34)cc2)cc1. The minimum Gasteiger partial charge on any atom is -0.454 e. The summed E-state index contributed by atoms with van der Waals surface area (Å²) in [5.74, 6) is 0. The fourth-order valence-electron chi connectivity index (χ4n) is 12.8. The van der Waals surface area contributed by atoms with Crippen LogP contribution in [-0.4, -0.2) is 4.40 Å². The van der Waals surface area contributed by atoms with E-state index in [0.717, 1.165) is 88.8 Å². The second-order valence-electron chi connectivity index (χ2n) is 20.8. The Labute approximate surface area is 453 Å². The lowest BCUT2D eigenvalue weighted by Gasteiger charge is -2.26. The fraction of sp³-hybridized carbons (Fsp3) is 0. The highest BCUT2D eigenvalue weighted by Gasteiger charge is 2.24. The smallest absolute Gasteiger partial charge is 0.159 e. The van der Waals surface area contributed by atoms with E-state index in [1.807, 2.05) is 12.1 Å². The molecule has 79 heavy (non-hydrogen) atoms. The van der Waals surface area contributed by atoms with Gasteiger partial charge in [-0.2, -0.15) is 0 Å². The molecule has 0 unspecified atom stereocenters. The molecule has 0 bridgehead atoms. The van der Waals surface area contributed by atoms with Crippen LogP contribution in [0.15, 0.2) is 282 Å². The van der Waals surface area contributed by atoms with Gasteiger partial charge in [0.05, 0.1) is 27.9 Å². The van der Waals surface area contributed by atoms with Gasteiger partial charge in [-0.3, -0.25) is 0 Å². The summed E-state index contributed by atoms with van der Waals surface area (Å²) in [6.07, 6.45) is 0. The molecule has 0 saturated carbocycles. The molecule has 0 radical (unpaired) electrons. The molecular formula is C74H45N3O2. The van der Waals surface area contributed by atoms with Crippen LogP contribution in [0.3, 0.4) is 0 Å². The quantitative estimate of drug-likeness (QED) is 0.152. The number of hydrogen-bond donors (Lipinski definition) is 0. The van der Waals surface area contributed by atoms with Gasteiger partial charge in [0.25, 0.3) is 0 Å². The summed E-state index contributed by atoms with van der Waals surface area (Å²) in [6.45, 7) is 0. The maximum Gasteiger partial charge on any atom is 0.159 e. The molecule has 17 rings (SSSR count). The molecule has 4 heterocycles. The van der Waals surface area contributed by atoms with Crippen LogP contribution >= 0.6 is 0 Å². The predicted molar refractivity (Wildman–Crippen MR) is 331 cm³/mol. The molecule has 0 amide bonds. The number of hydrogen-bond acceptors (Lipinski definition) is 4. The van der Waals surface area contributed by atoms with Crippen LogP contribution in [-0.2, 0) is 0 Å². The van der Waals surface area contributed by atoms with Crippen LogP contribution in [0, 0.1) is 0 Å². The number of anilines is 6. The Morgan fingerprint density at radius 2 is 0.633 bits per heavy atom. The van der Waals surface area contributed by atoms with Crippen molar-refractivity contribution in [3.8, 4) is 22.3 Å². The minimum absolute atomic E-state index is 0.854. The lowest BCUT2D eigenvalue weighted by Crippen LogP contribution is -2.10. The van der Waals surface area contributed by atoms with Crippen molar-refractivity contribution in [2.45, 2.75) is 0 Å². The normalized spacial score (nSPS) is 12.1. The Morgan fingerprint density at radius 1 is 0.253 bits per heavy atom. The highest BCUT2D eigenvalue weighted by Crippen LogP contribution is 2.48. The van der Waals surface area contributed by atoms with Crippen LogP contribution in [0.4, 0.5) is 34.1 Å². The molecule has 17 aromatic rings. The highest BCUT2D eigenvalue weighted by molar-refractivity contribution is 6.26. The van der Waals surface area contributed by atoms with Gasteiger partial charge in [-0.25, -0.2) is 0 Å². The topological polar surface area (TPSA) is 37.2 Å². The second-order valence-corrected chi connectivity index (χ2v) is 20.8. The van der Waals surface area contributed by atoms with Crippen LogP contribution in [0.1, 0.15) is 0 Å². The van der Waals surface area contributed by atoms with Gasteiger partial charge >= 0.3 is 0 Å². The molecule has 0 aliphatic carbocycles. The van der Waals surface area contributed by atoms with E-state index in [9.17, 15) is 0 Å². The van der Waals surface area contributed by atoms with E-state index < -0.39 is 0 Å². The van der Waals surface area contributed by atoms with Gasteiger partial charge in [-0.1, -0.05) is 176 Å². The van der Waals surface area contributed by atoms with Crippen molar-refractivity contribution in [2.75, 3.05) is 9.80 Å². The summed E-state index contributed by atoms with van der Waals surface area (Å²) in [4.78, 5) is 4.70. The molecule has 0 fully saturated rings. The monoisotopic (exact) mass is 1010 g/mol. The van der Waals surface area contributed by atoms with Crippen molar-refractivity contribution in [1.29, 1.82) is 0 Å². The summed E-state index contributed by atoms with van der Waals surface area (Å²) in [7, 11) is 0. The van der Waals surface area contributed by atoms with Gasteiger partial charge in [0.15, 0.2) is 11.2 Å². The van der Waals surface area contributed by atoms with Gasteiger partial charge < -0.3 is 23.0 Å². The largest absolute Gasteiger partial charge is 0.454 e. The third kappa shape index (κ3) is 6.70. The number of fused-ring (bicyclic) bond motifs is 14. The summed E-state index contributed by atoms with van der Waals surface area (Å²) in [5, 5.41) is 14.0. The average Bonchev–Trinajstić information content (AvgIpc) is 3.64. The second kappa shape index (κ2) is 16.9. The van der Waals surface area contributed by atoms with E-state index in [0.29, 0.717) is 0 Å². The average molecular weight is 1010 g/mol. The molecule has 0 spiro atoms. The van der Waals surface area contributed by atoms with Crippen molar-refractivity contribution < 1.29 is 8.83 Å². The predicted octanol–water partition coefficient (Wildman–Crippen LogP) is 21.2. The van der Waals surface area contributed by atoms with E-state index in [2.05, 4.69) is 275 Å². The zero-order chi connectivity index (χ0) is 51.7. The van der Waals surface area contributed by atoms with Crippen molar-refractivity contribution >= 4 is 138 Å². The molecule has 0 aliphatic rings. The lowest BCUT2D eigenvalue weighted by atomic mass is 10.0. The molecule has 4 aromatic heterocycles. The van der Waals surface area contributed by atoms with Crippen molar-refractivity contribution in [3.63, 3.8) is 0 Å². The van der Waals surface area contributed by atoms with E-state index >= 15 is 0 Å². The number of rotatable bonds is 8. The zero-order valence-electron chi connectivity index (χ0n) is 42.6. The van der Waals surface area contributed by atoms with Crippen molar-refractivity contribution in [1.82, 2.24) is 4.40 Å². The zero-order valence-corrected chi connectivity index (χ0v) is 42.6. The van der Waals surface area contributed by atoms with Crippen molar-refractivity contribution in [2.24, 2.45) is 0 Å². The first-order valence-electron chi connectivity index (χ1n) is 27.0. The first-order chi connectivity index (χ1) is 39.1. The molecule has 0 atom stereocenters. The van der Waals surface area contributed by atoms with Crippen LogP contribution < -0.4 is 9.80 Å². The van der Waals surface area contributed by atoms with Gasteiger partial charge in [0.2, 0.25) is 0 Å². The van der Waals surface area contributed by atoms with E-state index in [1.54, 1.807) is 0 Å². The molecule has 5 nitrogen and oxygen atoms in total. The Bertz CT molecular complexity index is 4920. The first-order valence-corrected chi connectivity index (χ1v) is 27.0. The number of nitrogens with zero attached hydrogens (tertiary/aromatic N) is 3. The number of aromatic nitrogens is 1. The van der Waals surface area contributed by atoms with Crippen LogP contribution in [0.2, 0.25) is 0 Å². The third-order valence-corrected chi connectivity index (χ3v) is 16.4. The standard InChI is InChI=1S/C74H45N3O2/c1-3-14-46(15-4-1)48-28-34-54(35-29-48)75(66-24-12-22-62-58-18-7-9-26-70(58)78-73(62)66)56-38-32-50-42-64-60-20-11-21-61-65-43-51-33-39-57(41-53(51)45-69(65)77(72(60)61)68(64)44-52(50)40-56)76(55-36-30-49(31-37-55)47-16-5-2-6-17-47)67-25-13-23-63-59-19-8-10-27-71(59)79-74(63)67/h1-45H. The molecular weight excluding hydrogens is 963 g/mol. The maximum atomic E-state index is 6.74. The Hall–Kier alpha value is -10.6. The van der Waals surface area contributed by atoms with Gasteiger partial charge in [-0.15, -0.1) is 0 Å². The summed E-state index contributed by atoms with van der Waals surface area (Å²) < 4.78 is 16.0. The highest BCUT2D eigenvalue weighted by atomic mass is 16.3. The van der Waals surface area contributed by atoms with Crippen molar-refractivity contribution in [3.05, 3.63) is 273 Å². The number of para-hydroxylation sites is 5. The maximum absolute atomic E-state index is 6.74. The molecule has 5 heteroatoms. The Balaban J connectivity index is 0.846. The fourth-order valence-corrected chi connectivity index (χ4v) is 12.8. The molecule has 368 valence electrons. The lowest BCUT2D eigenvalue weighted by molar-refractivity contribution is 0.668. The Morgan fingerprint density at radius 3 is 1.10 bits per heavy atom. The summed E-state index contributed by atoms with van der Waals surface area (Å²) in [5.41, 5.74) is 17.9. The number of benzene rings is 13. The number of furan rings is 2. The molecule has 0 aliphatic heterocycles. The molecule has 13 aromatic carbocycles. The van der Waals surface area contributed by atoms with Gasteiger partial charge in [0, 0.05) is 65.8 Å². The molecule has 0 saturated heterocycles.